The number of anilines is 2. The van der Waals surface area contributed by atoms with E-state index in [0.717, 1.165) is 6.54 Å². The molecule has 14 heavy (non-hydrogen) atoms. The van der Waals surface area contributed by atoms with Crippen LogP contribution in [0.3, 0.4) is 0 Å². The molecule has 78 valence electrons. The first-order chi connectivity index (χ1) is 6.65. The third kappa shape index (κ3) is 2.75. The van der Waals surface area contributed by atoms with Gasteiger partial charge < -0.3 is 15.4 Å². The normalized spacial score (nSPS) is 10.2. The Labute approximate surface area is 88.6 Å². The lowest BCUT2D eigenvalue weighted by Crippen LogP contribution is -2.24. The number of hydrogen-bond donors (Lipinski definition) is 1. The number of hydrogen-bond acceptors (Lipinski definition) is 4. The van der Waals surface area contributed by atoms with Crippen LogP contribution in [0.15, 0.2) is 12.1 Å². The van der Waals surface area contributed by atoms with Crippen LogP contribution in [0.5, 0.6) is 0 Å². The Bertz CT molecular complexity index is 306. The molecule has 0 aliphatic rings. The molecule has 0 spiro atoms. The Kier molecular flexibility index (Phi) is 3.98. The van der Waals surface area contributed by atoms with Crippen molar-refractivity contribution in [3.8, 4) is 0 Å². The van der Waals surface area contributed by atoms with E-state index in [-0.39, 0.29) is 0 Å². The second kappa shape index (κ2) is 5.02. The fourth-order valence-electron chi connectivity index (χ4n) is 1.08. The van der Waals surface area contributed by atoms with Crippen molar-refractivity contribution in [1.29, 1.82) is 0 Å². The molecule has 5 heteroatoms. The monoisotopic (exact) mass is 215 g/mol. The standard InChI is InChI=1S/C9H14ClN3O/c1-13(5-6-14-2)9-7(11)3-4-8(10)12-9/h3-4H,5-6,11H2,1-2H3. The molecule has 0 radical (unpaired) electrons. The zero-order valence-corrected chi connectivity index (χ0v) is 9.08. The van der Waals surface area contributed by atoms with Gasteiger partial charge in [0.2, 0.25) is 0 Å². The van der Waals surface area contributed by atoms with Crippen LogP contribution in [0.4, 0.5) is 11.5 Å². The van der Waals surface area contributed by atoms with Crippen molar-refractivity contribution in [3.05, 3.63) is 17.3 Å². The predicted molar refractivity (Wildman–Crippen MR) is 58.8 cm³/mol. The van der Waals surface area contributed by atoms with E-state index in [1.54, 1.807) is 19.2 Å². The molecule has 0 aliphatic carbocycles. The molecule has 0 saturated carbocycles. The lowest BCUT2D eigenvalue weighted by molar-refractivity contribution is 0.206. The van der Waals surface area contributed by atoms with Crippen molar-refractivity contribution in [3.63, 3.8) is 0 Å². The smallest absolute Gasteiger partial charge is 0.153 e. The van der Waals surface area contributed by atoms with E-state index in [2.05, 4.69) is 4.98 Å². The van der Waals surface area contributed by atoms with Crippen molar-refractivity contribution >= 4 is 23.1 Å². The van der Waals surface area contributed by atoms with E-state index in [1.165, 1.54) is 0 Å². The van der Waals surface area contributed by atoms with Gasteiger partial charge in [-0.15, -0.1) is 0 Å². The van der Waals surface area contributed by atoms with Gasteiger partial charge in [-0.3, -0.25) is 0 Å². The van der Waals surface area contributed by atoms with Gasteiger partial charge >= 0.3 is 0 Å². The number of methoxy groups -OCH3 is 1. The molecule has 0 bridgehead atoms. The molecule has 1 heterocycles. The molecule has 2 N–H and O–H groups in total. The number of ether oxygens (including phenoxy) is 1. The SMILES string of the molecule is COCCN(C)c1nc(Cl)ccc1N. The first-order valence-corrected chi connectivity index (χ1v) is 4.65. The highest BCUT2D eigenvalue weighted by Gasteiger charge is 2.06. The number of aromatic nitrogens is 1. The second-order valence-corrected chi connectivity index (χ2v) is 3.35. The second-order valence-electron chi connectivity index (χ2n) is 2.96. The minimum absolute atomic E-state index is 0.443. The molecular weight excluding hydrogens is 202 g/mol. The Morgan fingerprint density at radius 1 is 1.57 bits per heavy atom. The summed E-state index contributed by atoms with van der Waals surface area (Å²) in [4.78, 5) is 6.04. The first kappa shape index (κ1) is 11.1. The molecule has 0 fully saturated rings. The maximum atomic E-state index is 5.77. The van der Waals surface area contributed by atoms with Crippen LogP contribution in [-0.4, -0.2) is 32.3 Å². The number of nitrogen functional groups attached to an aromatic ring is 1. The van der Waals surface area contributed by atoms with Gasteiger partial charge in [0.25, 0.3) is 0 Å². The summed E-state index contributed by atoms with van der Waals surface area (Å²) in [6, 6.07) is 3.42. The largest absolute Gasteiger partial charge is 0.396 e. The third-order valence-corrected chi connectivity index (χ3v) is 2.07. The van der Waals surface area contributed by atoms with E-state index >= 15 is 0 Å². The number of nitrogens with zero attached hydrogens (tertiary/aromatic N) is 2. The number of pyridine rings is 1. The molecule has 0 aliphatic heterocycles. The van der Waals surface area contributed by atoms with Crippen LogP contribution in [-0.2, 0) is 4.74 Å². The van der Waals surface area contributed by atoms with Crippen LogP contribution in [0.1, 0.15) is 0 Å². The van der Waals surface area contributed by atoms with Gasteiger partial charge in [-0.1, -0.05) is 11.6 Å². The number of nitrogens with two attached hydrogens (primary N) is 1. The summed E-state index contributed by atoms with van der Waals surface area (Å²) < 4.78 is 4.96. The summed E-state index contributed by atoms with van der Waals surface area (Å²) in [6.07, 6.45) is 0. The zero-order chi connectivity index (χ0) is 10.6. The highest BCUT2D eigenvalue weighted by Crippen LogP contribution is 2.21. The minimum Gasteiger partial charge on any atom is -0.396 e. The van der Waals surface area contributed by atoms with Crippen molar-refractivity contribution < 1.29 is 4.74 Å². The van der Waals surface area contributed by atoms with Gasteiger partial charge in [0, 0.05) is 20.7 Å². The molecule has 0 amide bonds. The summed E-state index contributed by atoms with van der Waals surface area (Å²) >= 11 is 5.77. The molecule has 0 unspecified atom stereocenters. The Morgan fingerprint density at radius 2 is 2.29 bits per heavy atom. The molecule has 1 aromatic rings. The Hall–Kier alpha value is -1.00. The van der Waals surface area contributed by atoms with E-state index < -0.39 is 0 Å². The van der Waals surface area contributed by atoms with E-state index in [4.69, 9.17) is 22.1 Å². The topological polar surface area (TPSA) is 51.4 Å². The third-order valence-electron chi connectivity index (χ3n) is 1.86. The van der Waals surface area contributed by atoms with Crippen molar-refractivity contribution in [1.82, 2.24) is 4.98 Å². The fraction of sp³-hybridized carbons (Fsp3) is 0.444. The van der Waals surface area contributed by atoms with Gasteiger partial charge in [-0.05, 0) is 12.1 Å². The molecule has 1 aromatic heterocycles. The molecule has 1 rings (SSSR count). The van der Waals surface area contributed by atoms with Crippen molar-refractivity contribution in [2.45, 2.75) is 0 Å². The lowest BCUT2D eigenvalue weighted by Gasteiger charge is -2.19. The number of likely N-dealkylation sites (N-methyl/N-ethyl adjacent to an activating group) is 1. The van der Waals surface area contributed by atoms with E-state index in [0.29, 0.717) is 23.3 Å². The van der Waals surface area contributed by atoms with Gasteiger partial charge in [0.1, 0.15) is 5.15 Å². The van der Waals surface area contributed by atoms with Crippen molar-refractivity contribution in [2.75, 3.05) is 37.9 Å². The number of rotatable bonds is 4. The van der Waals surface area contributed by atoms with Crippen LogP contribution in [0.25, 0.3) is 0 Å². The predicted octanol–water partition coefficient (Wildman–Crippen LogP) is 1.40. The summed E-state index contributed by atoms with van der Waals surface area (Å²) in [7, 11) is 3.55. The van der Waals surface area contributed by atoms with E-state index in [9.17, 15) is 0 Å². The van der Waals surface area contributed by atoms with Gasteiger partial charge in [0.15, 0.2) is 5.82 Å². The molecule has 0 aromatic carbocycles. The Balaban J connectivity index is 2.77. The fourth-order valence-corrected chi connectivity index (χ4v) is 1.22. The average Bonchev–Trinajstić information content (AvgIpc) is 2.18. The summed E-state index contributed by atoms with van der Waals surface area (Å²) in [5.41, 5.74) is 6.38. The molecular formula is C9H14ClN3O. The molecule has 4 nitrogen and oxygen atoms in total. The lowest BCUT2D eigenvalue weighted by atomic mass is 10.3. The van der Waals surface area contributed by atoms with Gasteiger partial charge in [-0.2, -0.15) is 0 Å². The average molecular weight is 216 g/mol. The minimum atomic E-state index is 0.443. The maximum absolute atomic E-state index is 5.77. The maximum Gasteiger partial charge on any atom is 0.153 e. The highest BCUT2D eigenvalue weighted by atomic mass is 35.5. The van der Waals surface area contributed by atoms with Crippen LogP contribution >= 0.6 is 11.6 Å². The first-order valence-electron chi connectivity index (χ1n) is 4.27. The summed E-state index contributed by atoms with van der Waals surface area (Å²) in [5, 5.41) is 0.443. The van der Waals surface area contributed by atoms with Crippen LogP contribution < -0.4 is 10.6 Å². The van der Waals surface area contributed by atoms with Gasteiger partial charge in [-0.25, -0.2) is 4.98 Å². The molecule has 0 saturated heterocycles. The molecule has 0 atom stereocenters. The van der Waals surface area contributed by atoms with Crippen LogP contribution in [0.2, 0.25) is 5.15 Å². The highest BCUT2D eigenvalue weighted by molar-refractivity contribution is 6.29. The van der Waals surface area contributed by atoms with Crippen molar-refractivity contribution in [2.24, 2.45) is 0 Å². The quantitative estimate of drug-likeness (QED) is 0.772. The Morgan fingerprint density at radius 3 is 2.93 bits per heavy atom. The van der Waals surface area contributed by atoms with Crippen LogP contribution in [0, 0.1) is 0 Å². The van der Waals surface area contributed by atoms with Gasteiger partial charge in [0.05, 0.1) is 12.3 Å². The van der Waals surface area contributed by atoms with E-state index in [1.807, 2.05) is 11.9 Å². The zero-order valence-electron chi connectivity index (χ0n) is 8.33. The summed E-state index contributed by atoms with van der Waals surface area (Å²) in [5.74, 6) is 0.689. The number of halogens is 1. The summed E-state index contributed by atoms with van der Waals surface area (Å²) in [6.45, 7) is 1.36.